The molecule has 420 valence electrons. The van der Waals surface area contributed by atoms with Crippen LogP contribution in [0.5, 0.6) is 0 Å². The van der Waals surface area contributed by atoms with Crippen LogP contribution in [-0.2, 0) is 32.7 Å². The summed E-state index contributed by atoms with van der Waals surface area (Å²) >= 11 is 0. The number of hydrogen-bond donors (Lipinski definition) is 1. The minimum Gasteiger partial charge on any atom is -0.462 e. The number of quaternary nitrogens is 1. The van der Waals surface area contributed by atoms with E-state index in [1.54, 1.807) is 0 Å². The Morgan fingerprint density at radius 1 is 0.437 bits per heavy atom. The quantitative estimate of drug-likeness (QED) is 0.0211. The SMILES string of the molecule is CCCCCC/C=C\C/C=C\CCCCCCCCCC(=O)OC(COC(=O)CCCCCCCCCCCCCCCCCCCCCCCCCCCCCCC)COP(=O)(O)OCC[N+](C)(C)C. The van der Waals surface area contributed by atoms with Gasteiger partial charge < -0.3 is 18.9 Å². The summed E-state index contributed by atoms with van der Waals surface area (Å²) in [7, 11) is 1.49. The van der Waals surface area contributed by atoms with Crippen molar-refractivity contribution in [1.29, 1.82) is 0 Å². The van der Waals surface area contributed by atoms with Gasteiger partial charge in [-0.3, -0.25) is 18.6 Å². The summed E-state index contributed by atoms with van der Waals surface area (Å²) in [6, 6.07) is 0. The monoisotopic (exact) mass is 1020 g/mol. The number of phosphoric ester groups is 1. The van der Waals surface area contributed by atoms with Crippen LogP contribution in [0.3, 0.4) is 0 Å². The first-order valence-electron chi connectivity index (χ1n) is 30.6. The fourth-order valence-electron chi connectivity index (χ4n) is 8.99. The molecule has 0 aliphatic rings. The lowest BCUT2D eigenvalue weighted by Crippen LogP contribution is -2.37. The summed E-state index contributed by atoms with van der Waals surface area (Å²) in [5.74, 6) is -0.790. The van der Waals surface area contributed by atoms with Crippen molar-refractivity contribution in [3.8, 4) is 0 Å². The van der Waals surface area contributed by atoms with Gasteiger partial charge in [0.25, 0.3) is 0 Å². The Labute approximate surface area is 440 Å². The van der Waals surface area contributed by atoms with Gasteiger partial charge in [-0.05, 0) is 44.9 Å². The molecule has 10 heteroatoms. The van der Waals surface area contributed by atoms with E-state index >= 15 is 0 Å². The van der Waals surface area contributed by atoms with E-state index in [2.05, 4.69) is 38.2 Å². The Bertz CT molecular complexity index is 1250. The number of likely N-dealkylation sites (N-methyl/N-ethyl adjacent to an activating group) is 1. The second-order valence-corrected chi connectivity index (χ2v) is 23.6. The van der Waals surface area contributed by atoms with Crippen molar-refractivity contribution in [1.82, 2.24) is 0 Å². The van der Waals surface area contributed by atoms with Crippen molar-refractivity contribution >= 4 is 19.8 Å². The second-order valence-electron chi connectivity index (χ2n) is 22.1. The summed E-state index contributed by atoms with van der Waals surface area (Å²) in [5.41, 5.74) is 0. The molecule has 2 unspecified atom stereocenters. The number of carbonyl (C=O) groups is 2. The zero-order valence-electron chi connectivity index (χ0n) is 47.7. The number of nitrogens with zero attached hydrogens (tertiary/aromatic N) is 1. The lowest BCUT2D eigenvalue weighted by Gasteiger charge is -2.24. The third-order valence-electron chi connectivity index (χ3n) is 13.7. The molecule has 9 nitrogen and oxygen atoms in total. The van der Waals surface area contributed by atoms with E-state index in [1.165, 1.54) is 218 Å². The molecular formula is C61H119NO8P+. The Hall–Kier alpha value is -1.51. The van der Waals surface area contributed by atoms with Crippen LogP contribution in [-0.4, -0.2) is 74.9 Å². The number of esters is 2. The smallest absolute Gasteiger partial charge is 0.462 e. The number of allylic oxidation sites excluding steroid dienone is 4. The van der Waals surface area contributed by atoms with Gasteiger partial charge in [-0.1, -0.05) is 269 Å². The molecule has 0 aliphatic carbocycles. The number of rotatable bonds is 57. The highest BCUT2D eigenvalue weighted by Gasteiger charge is 2.27. The summed E-state index contributed by atoms with van der Waals surface area (Å²) in [4.78, 5) is 35.7. The van der Waals surface area contributed by atoms with Crippen molar-refractivity contribution < 1.29 is 42.1 Å². The molecule has 0 rings (SSSR count). The maximum absolute atomic E-state index is 12.8. The Kier molecular flexibility index (Phi) is 52.2. The largest absolute Gasteiger partial charge is 0.472 e. The molecule has 0 saturated carbocycles. The molecule has 0 aromatic rings. The molecule has 71 heavy (non-hydrogen) atoms. The van der Waals surface area contributed by atoms with Gasteiger partial charge >= 0.3 is 19.8 Å². The zero-order valence-corrected chi connectivity index (χ0v) is 48.6. The fraction of sp³-hybridized carbons (Fsp3) is 0.902. The maximum atomic E-state index is 12.8. The van der Waals surface area contributed by atoms with E-state index in [0.717, 1.165) is 51.4 Å². The molecule has 0 radical (unpaired) electrons. The first kappa shape index (κ1) is 69.5. The molecule has 0 amide bonds. The normalized spacial score (nSPS) is 13.4. The molecule has 0 spiro atoms. The Morgan fingerprint density at radius 3 is 1.13 bits per heavy atom. The van der Waals surface area contributed by atoms with Crippen LogP contribution in [0, 0.1) is 0 Å². The van der Waals surface area contributed by atoms with E-state index in [0.29, 0.717) is 23.9 Å². The van der Waals surface area contributed by atoms with Crippen LogP contribution < -0.4 is 0 Å². The highest BCUT2D eigenvalue weighted by molar-refractivity contribution is 7.47. The van der Waals surface area contributed by atoms with Crippen molar-refractivity contribution in [2.75, 3.05) is 47.5 Å². The molecule has 0 saturated heterocycles. The highest BCUT2D eigenvalue weighted by atomic mass is 31.2. The number of hydrogen-bond acceptors (Lipinski definition) is 7. The van der Waals surface area contributed by atoms with Gasteiger partial charge in [0, 0.05) is 12.8 Å². The van der Waals surface area contributed by atoms with Crippen LogP contribution in [0.4, 0.5) is 0 Å². The lowest BCUT2D eigenvalue weighted by molar-refractivity contribution is -0.870. The van der Waals surface area contributed by atoms with Crippen molar-refractivity contribution in [3.05, 3.63) is 24.3 Å². The van der Waals surface area contributed by atoms with E-state index in [9.17, 15) is 19.0 Å². The van der Waals surface area contributed by atoms with Gasteiger partial charge in [0.05, 0.1) is 27.7 Å². The predicted octanol–water partition coefficient (Wildman–Crippen LogP) is 19.0. The Balaban J connectivity index is 4.04. The molecular weight excluding hydrogens is 906 g/mol. The van der Waals surface area contributed by atoms with Gasteiger partial charge in [0.15, 0.2) is 6.10 Å². The topological polar surface area (TPSA) is 108 Å². The molecule has 0 bridgehead atoms. The molecule has 0 aliphatic heterocycles. The van der Waals surface area contributed by atoms with Gasteiger partial charge in [0.1, 0.15) is 19.8 Å². The van der Waals surface area contributed by atoms with E-state index in [4.69, 9.17) is 18.5 Å². The number of unbranched alkanes of at least 4 members (excludes halogenated alkanes) is 39. The highest BCUT2D eigenvalue weighted by Crippen LogP contribution is 2.43. The number of carbonyl (C=O) groups excluding carboxylic acids is 2. The zero-order chi connectivity index (χ0) is 52.0. The van der Waals surface area contributed by atoms with Crippen LogP contribution in [0.25, 0.3) is 0 Å². The molecule has 0 fully saturated rings. The fourth-order valence-corrected chi connectivity index (χ4v) is 9.73. The van der Waals surface area contributed by atoms with Crippen LogP contribution in [0.2, 0.25) is 0 Å². The summed E-state index contributed by atoms with van der Waals surface area (Å²) in [6.07, 6.45) is 64.0. The van der Waals surface area contributed by atoms with E-state index < -0.39 is 26.5 Å². The molecule has 1 N–H and O–H groups in total. The minimum atomic E-state index is -4.38. The van der Waals surface area contributed by atoms with Gasteiger partial charge in [0.2, 0.25) is 0 Å². The first-order chi connectivity index (χ1) is 34.5. The second kappa shape index (κ2) is 53.3. The number of phosphoric acid groups is 1. The minimum absolute atomic E-state index is 0.0324. The summed E-state index contributed by atoms with van der Waals surface area (Å²) in [6.45, 7) is 4.46. The van der Waals surface area contributed by atoms with Crippen LogP contribution in [0.1, 0.15) is 303 Å². The lowest BCUT2D eigenvalue weighted by atomic mass is 10.0. The van der Waals surface area contributed by atoms with Crippen molar-refractivity contribution in [2.45, 2.75) is 309 Å². The van der Waals surface area contributed by atoms with E-state index in [-0.39, 0.29) is 25.6 Å². The summed E-state index contributed by atoms with van der Waals surface area (Å²) in [5, 5.41) is 0. The van der Waals surface area contributed by atoms with Crippen LogP contribution in [0.15, 0.2) is 24.3 Å². The average Bonchev–Trinajstić information content (AvgIpc) is 3.33. The predicted molar refractivity (Wildman–Crippen MR) is 303 cm³/mol. The molecule has 2 atom stereocenters. The Morgan fingerprint density at radius 2 is 0.761 bits per heavy atom. The number of ether oxygens (including phenoxy) is 2. The standard InChI is InChI=1S/C61H118NO8P/c1-6-8-10-12-14-16-18-20-22-24-26-27-28-29-30-31-32-33-34-35-36-38-39-41-43-45-47-49-51-53-60(63)67-57-59(58-69-71(65,66)68-56-55-62(3,4)5)70-61(64)54-52-50-48-46-44-42-40-37-25-23-21-19-17-15-13-11-9-7-2/h17,19,23,25,59H,6-16,18,20-22,24,26-58H2,1-5H3/p+1/b19-17-,25-23-. The van der Waals surface area contributed by atoms with Crippen LogP contribution >= 0.6 is 7.82 Å². The molecule has 0 heterocycles. The van der Waals surface area contributed by atoms with E-state index in [1.807, 2.05) is 21.1 Å². The maximum Gasteiger partial charge on any atom is 0.472 e. The van der Waals surface area contributed by atoms with Gasteiger partial charge in [-0.25, -0.2) is 4.57 Å². The van der Waals surface area contributed by atoms with Gasteiger partial charge in [-0.2, -0.15) is 0 Å². The third kappa shape index (κ3) is 57.6. The molecule has 0 aromatic heterocycles. The average molecular weight is 1030 g/mol. The van der Waals surface area contributed by atoms with Crippen molar-refractivity contribution in [3.63, 3.8) is 0 Å². The summed E-state index contributed by atoms with van der Waals surface area (Å²) < 4.78 is 34.6. The first-order valence-corrected chi connectivity index (χ1v) is 32.1. The van der Waals surface area contributed by atoms with Gasteiger partial charge in [-0.15, -0.1) is 0 Å². The third-order valence-corrected chi connectivity index (χ3v) is 14.7. The molecule has 0 aromatic carbocycles. The van der Waals surface area contributed by atoms with Crippen molar-refractivity contribution in [2.24, 2.45) is 0 Å².